The molecule has 0 amide bonds. The second-order valence-electron chi connectivity index (χ2n) is 5.91. The van der Waals surface area contributed by atoms with Crippen LogP contribution in [0, 0.1) is 12.8 Å². The molecule has 23 heavy (non-hydrogen) atoms. The Morgan fingerprint density at radius 1 is 1.52 bits per heavy atom. The highest BCUT2D eigenvalue weighted by Gasteiger charge is 2.27. The van der Waals surface area contributed by atoms with E-state index in [4.69, 9.17) is 4.74 Å². The largest absolute Gasteiger partial charge is 0.466 e. The fourth-order valence-electron chi connectivity index (χ4n) is 3.06. The van der Waals surface area contributed by atoms with Crippen molar-refractivity contribution >= 4 is 22.3 Å². The zero-order valence-electron chi connectivity index (χ0n) is 13.4. The van der Waals surface area contributed by atoms with E-state index in [0.29, 0.717) is 19.7 Å². The molecular weight excluding hydrogens is 314 g/mol. The Balaban J connectivity index is 1.74. The van der Waals surface area contributed by atoms with Gasteiger partial charge >= 0.3 is 5.97 Å². The molecule has 0 N–H and O–H groups in total. The molecule has 1 aliphatic rings. The molecule has 7 heteroatoms. The number of esters is 1. The molecule has 3 rings (SSSR count). The lowest BCUT2D eigenvalue weighted by Gasteiger charge is -2.31. The number of carbonyl (C=O) groups is 1. The minimum Gasteiger partial charge on any atom is -0.466 e. The van der Waals surface area contributed by atoms with Gasteiger partial charge in [-0.3, -0.25) is 18.9 Å². The van der Waals surface area contributed by atoms with Gasteiger partial charge in [0.2, 0.25) is 0 Å². The van der Waals surface area contributed by atoms with Gasteiger partial charge in [0.1, 0.15) is 0 Å². The van der Waals surface area contributed by atoms with Crippen molar-refractivity contribution in [2.45, 2.75) is 33.2 Å². The second-order valence-corrected chi connectivity index (χ2v) is 6.74. The van der Waals surface area contributed by atoms with Gasteiger partial charge in [0.05, 0.1) is 18.2 Å². The van der Waals surface area contributed by atoms with Crippen LogP contribution in [0.15, 0.2) is 16.2 Å². The maximum atomic E-state index is 12.2. The highest BCUT2D eigenvalue weighted by molar-refractivity contribution is 7.15. The van der Waals surface area contributed by atoms with Crippen molar-refractivity contribution in [3.05, 3.63) is 33.2 Å². The first-order valence-electron chi connectivity index (χ1n) is 7.94. The summed E-state index contributed by atoms with van der Waals surface area (Å²) in [6.45, 7) is 6.33. The smallest absolute Gasteiger partial charge is 0.310 e. The van der Waals surface area contributed by atoms with Gasteiger partial charge in [-0.1, -0.05) is 0 Å². The Kier molecular flexibility index (Phi) is 4.77. The zero-order chi connectivity index (χ0) is 16.4. The SMILES string of the molecule is CCOC(=O)C1CCCN(Cc2cc(=O)n3c(C)csc3n2)C1. The summed E-state index contributed by atoms with van der Waals surface area (Å²) >= 11 is 1.48. The number of likely N-dealkylation sites (tertiary alicyclic amines) is 1. The number of ether oxygens (including phenoxy) is 1. The van der Waals surface area contributed by atoms with Gasteiger partial charge in [0.25, 0.3) is 5.56 Å². The van der Waals surface area contributed by atoms with E-state index in [1.165, 1.54) is 11.3 Å². The molecule has 0 saturated carbocycles. The van der Waals surface area contributed by atoms with Crippen molar-refractivity contribution in [3.63, 3.8) is 0 Å². The summed E-state index contributed by atoms with van der Waals surface area (Å²) in [5.41, 5.74) is 1.64. The summed E-state index contributed by atoms with van der Waals surface area (Å²) in [5.74, 6) is -0.188. The predicted octanol–water partition coefficient (Wildman–Crippen LogP) is 1.84. The molecule has 3 heterocycles. The molecule has 1 saturated heterocycles. The number of carbonyl (C=O) groups excluding carboxylic acids is 1. The van der Waals surface area contributed by atoms with Crippen molar-refractivity contribution < 1.29 is 9.53 Å². The topological polar surface area (TPSA) is 63.9 Å². The zero-order valence-corrected chi connectivity index (χ0v) is 14.3. The van der Waals surface area contributed by atoms with Crippen LogP contribution in [0.1, 0.15) is 31.2 Å². The Hall–Kier alpha value is -1.73. The van der Waals surface area contributed by atoms with E-state index >= 15 is 0 Å². The molecule has 0 aromatic carbocycles. The third-order valence-corrected chi connectivity index (χ3v) is 5.08. The second kappa shape index (κ2) is 6.80. The quantitative estimate of drug-likeness (QED) is 0.798. The van der Waals surface area contributed by atoms with E-state index in [0.717, 1.165) is 35.7 Å². The highest BCUT2D eigenvalue weighted by atomic mass is 32.1. The van der Waals surface area contributed by atoms with Gasteiger partial charge in [-0.25, -0.2) is 4.98 Å². The number of aromatic nitrogens is 2. The average Bonchev–Trinajstić information content (AvgIpc) is 2.89. The predicted molar refractivity (Wildman–Crippen MR) is 88.7 cm³/mol. The fourth-order valence-corrected chi connectivity index (χ4v) is 3.95. The maximum absolute atomic E-state index is 12.2. The molecule has 1 atom stereocenters. The van der Waals surface area contributed by atoms with Crippen molar-refractivity contribution in [2.24, 2.45) is 5.92 Å². The third-order valence-electron chi connectivity index (χ3n) is 4.14. The van der Waals surface area contributed by atoms with Crippen LogP contribution >= 0.6 is 11.3 Å². The molecule has 0 aliphatic carbocycles. The molecule has 2 aromatic rings. The highest BCUT2D eigenvalue weighted by Crippen LogP contribution is 2.20. The van der Waals surface area contributed by atoms with Crippen LogP contribution in [0.2, 0.25) is 0 Å². The van der Waals surface area contributed by atoms with Crippen molar-refractivity contribution in [1.82, 2.24) is 14.3 Å². The van der Waals surface area contributed by atoms with Crippen LogP contribution in [-0.2, 0) is 16.1 Å². The Labute approximate surface area is 138 Å². The van der Waals surface area contributed by atoms with E-state index < -0.39 is 0 Å². The van der Waals surface area contributed by atoms with E-state index in [1.54, 1.807) is 10.5 Å². The van der Waals surface area contributed by atoms with E-state index in [1.807, 2.05) is 19.2 Å². The molecule has 1 unspecified atom stereocenters. The molecule has 124 valence electrons. The minimum absolute atomic E-state index is 0.0392. The lowest BCUT2D eigenvalue weighted by molar-refractivity contribution is -0.150. The molecular formula is C16H21N3O3S. The summed E-state index contributed by atoms with van der Waals surface area (Å²) in [4.78, 5) is 31.6. The average molecular weight is 335 g/mol. The summed E-state index contributed by atoms with van der Waals surface area (Å²) in [6, 6.07) is 1.60. The number of aryl methyl sites for hydroxylation is 1. The molecule has 6 nitrogen and oxygen atoms in total. The van der Waals surface area contributed by atoms with Crippen LogP contribution in [0.4, 0.5) is 0 Å². The first-order chi connectivity index (χ1) is 11.1. The number of hydrogen-bond donors (Lipinski definition) is 0. The number of hydrogen-bond acceptors (Lipinski definition) is 6. The van der Waals surface area contributed by atoms with Gasteiger partial charge in [-0.15, -0.1) is 11.3 Å². The summed E-state index contributed by atoms with van der Waals surface area (Å²) < 4.78 is 6.76. The Bertz CT molecular complexity index is 768. The van der Waals surface area contributed by atoms with Crippen molar-refractivity contribution in [3.8, 4) is 0 Å². The number of piperidine rings is 1. The summed E-state index contributed by atoms with van der Waals surface area (Å²) in [5, 5.41) is 1.94. The Morgan fingerprint density at radius 2 is 2.35 bits per heavy atom. The normalized spacial score (nSPS) is 19.1. The summed E-state index contributed by atoms with van der Waals surface area (Å²) in [6.07, 6.45) is 1.83. The number of rotatable bonds is 4. The maximum Gasteiger partial charge on any atom is 0.310 e. The lowest BCUT2D eigenvalue weighted by atomic mass is 9.98. The monoisotopic (exact) mass is 335 g/mol. The lowest BCUT2D eigenvalue weighted by Crippen LogP contribution is -2.39. The third kappa shape index (κ3) is 3.45. The van der Waals surface area contributed by atoms with Gasteiger partial charge in [-0.2, -0.15) is 0 Å². The van der Waals surface area contributed by atoms with Crippen molar-refractivity contribution in [1.29, 1.82) is 0 Å². The summed E-state index contributed by atoms with van der Waals surface area (Å²) in [7, 11) is 0. The van der Waals surface area contributed by atoms with Gasteiger partial charge in [0.15, 0.2) is 4.96 Å². The van der Waals surface area contributed by atoms with E-state index in [2.05, 4.69) is 9.88 Å². The first-order valence-corrected chi connectivity index (χ1v) is 8.82. The standard InChI is InChI=1S/C16H21N3O3S/c1-3-22-15(21)12-5-4-6-18(8-12)9-13-7-14(20)19-11(2)10-23-16(19)17-13/h7,10,12H,3-6,8-9H2,1-2H3. The van der Waals surface area contributed by atoms with Crippen LogP contribution in [0.5, 0.6) is 0 Å². The van der Waals surface area contributed by atoms with E-state index in [9.17, 15) is 9.59 Å². The number of nitrogens with zero attached hydrogens (tertiary/aromatic N) is 3. The molecule has 1 fully saturated rings. The molecule has 1 aliphatic heterocycles. The van der Waals surface area contributed by atoms with E-state index in [-0.39, 0.29) is 17.4 Å². The van der Waals surface area contributed by atoms with Gasteiger partial charge < -0.3 is 4.74 Å². The molecule has 0 radical (unpaired) electrons. The molecule has 0 spiro atoms. The number of fused-ring (bicyclic) bond motifs is 1. The minimum atomic E-state index is -0.116. The van der Waals surface area contributed by atoms with Crippen LogP contribution in [0.25, 0.3) is 4.96 Å². The number of thiazole rings is 1. The Morgan fingerprint density at radius 3 is 3.13 bits per heavy atom. The van der Waals surface area contributed by atoms with Gasteiger partial charge in [-0.05, 0) is 33.2 Å². The first kappa shape index (κ1) is 16.1. The van der Waals surface area contributed by atoms with Gasteiger partial charge in [0, 0.05) is 30.2 Å². The molecule has 2 aromatic heterocycles. The molecule has 0 bridgehead atoms. The van der Waals surface area contributed by atoms with Crippen LogP contribution in [0.3, 0.4) is 0 Å². The van der Waals surface area contributed by atoms with Crippen LogP contribution in [-0.4, -0.2) is 40.0 Å². The van der Waals surface area contributed by atoms with Crippen molar-refractivity contribution in [2.75, 3.05) is 19.7 Å². The fraction of sp³-hybridized carbons (Fsp3) is 0.562. The van der Waals surface area contributed by atoms with Crippen LogP contribution < -0.4 is 5.56 Å².